The number of sulfonamides is 1. The van der Waals surface area contributed by atoms with Crippen LogP contribution in [-0.2, 0) is 10.0 Å². The molecule has 126 valence electrons. The average Bonchev–Trinajstić information content (AvgIpc) is 2.52. The van der Waals surface area contributed by atoms with E-state index in [0.29, 0.717) is 11.3 Å². The van der Waals surface area contributed by atoms with Crippen molar-refractivity contribution >= 4 is 10.0 Å². The van der Waals surface area contributed by atoms with Crippen LogP contribution in [0.2, 0.25) is 0 Å². The van der Waals surface area contributed by atoms with Crippen LogP contribution in [0.15, 0.2) is 17.0 Å². The summed E-state index contributed by atoms with van der Waals surface area (Å²) in [6.07, 6.45) is 0. The first-order valence-electron chi connectivity index (χ1n) is 6.38. The molecule has 0 saturated carbocycles. The molecule has 4 N–H and O–H groups in total. The van der Waals surface area contributed by atoms with Gasteiger partial charge in [0.1, 0.15) is 21.9 Å². The van der Waals surface area contributed by atoms with E-state index in [2.05, 4.69) is 4.72 Å². The van der Waals surface area contributed by atoms with E-state index < -0.39 is 35.4 Å². The Labute approximate surface area is 129 Å². The van der Waals surface area contributed by atoms with E-state index in [9.17, 15) is 23.7 Å². The van der Waals surface area contributed by atoms with E-state index in [4.69, 9.17) is 9.47 Å². The number of ether oxygens (including phenoxy) is 2. The standard InChI is InChI=1S/C13H21NO7S/c1-9-4-11(21-3)12(5-10(9)20-2)22(18,19)14-13(6-15,7-16)8-17/h4-5,14-17H,6-8H2,1-3H3. The zero-order chi connectivity index (χ0) is 17.0. The minimum Gasteiger partial charge on any atom is -0.496 e. The van der Waals surface area contributed by atoms with Crippen LogP contribution in [0.25, 0.3) is 0 Å². The first kappa shape index (κ1) is 18.7. The smallest absolute Gasteiger partial charge is 0.245 e. The van der Waals surface area contributed by atoms with Gasteiger partial charge in [0.05, 0.1) is 34.0 Å². The van der Waals surface area contributed by atoms with Crippen LogP contribution < -0.4 is 14.2 Å². The predicted molar refractivity (Wildman–Crippen MR) is 78.6 cm³/mol. The van der Waals surface area contributed by atoms with Gasteiger partial charge in [-0.3, -0.25) is 0 Å². The van der Waals surface area contributed by atoms with Gasteiger partial charge in [-0.05, 0) is 18.6 Å². The Bertz CT molecular complexity index is 603. The van der Waals surface area contributed by atoms with Crippen molar-refractivity contribution in [3.63, 3.8) is 0 Å². The van der Waals surface area contributed by atoms with Crippen LogP contribution in [-0.4, -0.2) is 63.3 Å². The molecule has 22 heavy (non-hydrogen) atoms. The third-order valence-electron chi connectivity index (χ3n) is 3.23. The molecular formula is C13H21NO7S. The van der Waals surface area contributed by atoms with Gasteiger partial charge >= 0.3 is 0 Å². The van der Waals surface area contributed by atoms with E-state index in [1.807, 2.05) is 0 Å². The highest BCUT2D eigenvalue weighted by atomic mass is 32.2. The highest BCUT2D eigenvalue weighted by Gasteiger charge is 2.35. The summed E-state index contributed by atoms with van der Waals surface area (Å²) in [4.78, 5) is -0.225. The van der Waals surface area contributed by atoms with Crippen LogP contribution in [0.5, 0.6) is 11.5 Å². The van der Waals surface area contributed by atoms with Crippen molar-refractivity contribution in [1.82, 2.24) is 4.72 Å². The second-order valence-corrected chi connectivity index (χ2v) is 6.48. The average molecular weight is 335 g/mol. The predicted octanol–water partition coefficient (Wildman–Crippen LogP) is -0.994. The number of rotatable bonds is 8. The van der Waals surface area contributed by atoms with Crippen molar-refractivity contribution in [3.8, 4) is 11.5 Å². The van der Waals surface area contributed by atoms with E-state index in [-0.39, 0.29) is 10.6 Å². The molecule has 1 aromatic rings. The Morgan fingerprint density at radius 1 is 1.05 bits per heavy atom. The molecule has 0 spiro atoms. The minimum atomic E-state index is -4.18. The fraction of sp³-hybridized carbons (Fsp3) is 0.538. The quantitative estimate of drug-likeness (QED) is 0.480. The molecule has 0 aliphatic heterocycles. The Morgan fingerprint density at radius 2 is 1.55 bits per heavy atom. The van der Waals surface area contributed by atoms with Crippen molar-refractivity contribution in [2.75, 3.05) is 34.0 Å². The highest BCUT2D eigenvalue weighted by Crippen LogP contribution is 2.32. The summed E-state index contributed by atoms with van der Waals surface area (Å²) < 4.78 is 37.3. The molecule has 8 nitrogen and oxygen atoms in total. The zero-order valence-corrected chi connectivity index (χ0v) is 13.5. The van der Waals surface area contributed by atoms with Crippen molar-refractivity contribution in [1.29, 1.82) is 0 Å². The lowest BCUT2D eigenvalue weighted by Gasteiger charge is -2.28. The number of nitrogens with one attached hydrogen (secondary N) is 1. The molecule has 0 saturated heterocycles. The van der Waals surface area contributed by atoms with Crippen molar-refractivity contribution in [2.45, 2.75) is 17.4 Å². The number of aryl methyl sites for hydroxylation is 1. The fourth-order valence-electron chi connectivity index (χ4n) is 1.82. The maximum Gasteiger partial charge on any atom is 0.245 e. The highest BCUT2D eigenvalue weighted by molar-refractivity contribution is 7.89. The normalized spacial score (nSPS) is 12.3. The Balaban J connectivity index is 3.39. The van der Waals surface area contributed by atoms with Gasteiger partial charge in [0, 0.05) is 6.07 Å². The van der Waals surface area contributed by atoms with Gasteiger partial charge in [0.15, 0.2) is 0 Å². The molecule has 0 bridgehead atoms. The molecule has 0 aliphatic carbocycles. The second kappa shape index (κ2) is 7.25. The molecule has 1 rings (SSSR count). The molecule has 9 heteroatoms. The molecule has 0 fully saturated rings. The third kappa shape index (κ3) is 3.68. The maximum absolute atomic E-state index is 12.5. The van der Waals surface area contributed by atoms with E-state index in [1.165, 1.54) is 26.4 Å². The third-order valence-corrected chi connectivity index (χ3v) is 4.83. The van der Waals surface area contributed by atoms with Gasteiger partial charge in [-0.2, -0.15) is 4.72 Å². The molecule has 0 radical (unpaired) electrons. The topological polar surface area (TPSA) is 125 Å². The van der Waals surface area contributed by atoms with E-state index in [0.717, 1.165) is 0 Å². The minimum absolute atomic E-state index is 0.0773. The largest absolute Gasteiger partial charge is 0.496 e. The Kier molecular flexibility index (Phi) is 6.15. The van der Waals surface area contributed by atoms with E-state index in [1.54, 1.807) is 6.92 Å². The van der Waals surface area contributed by atoms with Crippen molar-refractivity contribution < 1.29 is 33.2 Å². The van der Waals surface area contributed by atoms with Gasteiger partial charge < -0.3 is 24.8 Å². The van der Waals surface area contributed by atoms with Crippen LogP contribution in [0.4, 0.5) is 0 Å². The maximum atomic E-state index is 12.5. The molecule has 0 amide bonds. The van der Waals surface area contributed by atoms with Crippen LogP contribution in [0.1, 0.15) is 5.56 Å². The molecule has 0 aromatic heterocycles. The number of hydrogen-bond acceptors (Lipinski definition) is 7. The Hall–Kier alpha value is -1.39. The van der Waals surface area contributed by atoms with Gasteiger partial charge in [0.25, 0.3) is 0 Å². The molecule has 1 aromatic carbocycles. The fourth-order valence-corrected chi connectivity index (χ4v) is 3.36. The SMILES string of the molecule is COc1cc(S(=O)(=O)NC(CO)(CO)CO)c(OC)cc1C. The van der Waals surface area contributed by atoms with Gasteiger partial charge in [-0.25, -0.2) is 8.42 Å². The molecule has 0 heterocycles. The summed E-state index contributed by atoms with van der Waals surface area (Å²) in [5.41, 5.74) is -1.10. The summed E-state index contributed by atoms with van der Waals surface area (Å²) in [5, 5.41) is 27.8. The number of aliphatic hydroxyl groups excluding tert-OH is 3. The van der Waals surface area contributed by atoms with Crippen LogP contribution in [0, 0.1) is 6.92 Å². The first-order chi connectivity index (χ1) is 10.3. The second-order valence-electron chi connectivity index (χ2n) is 4.83. The van der Waals surface area contributed by atoms with Gasteiger partial charge in [-0.15, -0.1) is 0 Å². The monoisotopic (exact) mass is 335 g/mol. The number of benzene rings is 1. The number of aliphatic hydroxyl groups is 3. The number of hydrogen-bond donors (Lipinski definition) is 4. The van der Waals surface area contributed by atoms with Crippen molar-refractivity contribution in [3.05, 3.63) is 17.7 Å². The van der Waals surface area contributed by atoms with Crippen LogP contribution in [0.3, 0.4) is 0 Å². The lowest BCUT2D eigenvalue weighted by atomic mass is 10.1. The summed E-state index contributed by atoms with van der Waals surface area (Å²) in [6, 6.07) is 2.76. The molecule has 0 aliphatic rings. The first-order valence-corrected chi connectivity index (χ1v) is 7.86. The van der Waals surface area contributed by atoms with E-state index >= 15 is 0 Å². The number of methoxy groups -OCH3 is 2. The summed E-state index contributed by atoms with van der Waals surface area (Å²) in [6.45, 7) is -0.593. The molecule has 0 atom stereocenters. The summed E-state index contributed by atoms with van der Waals surface area (Å²) in [5.74, 6) is 0.414. The lowest BCUT2D eigenvalue weighted by molar-refractivity contribution is 0.0581. The molecule has 0 unspecified atom stereocenters. The molecular weight excluding hydrogens is 314 g/mol. The van der Waals surface area contributed by atoms with Crippen LogP contribution >= 0.6 is 0 Å². The Morgan fingerprint density at radius 3 is 1.95 bits per heavy atom. The lowest BCUT2D eigenvalue weighted by Crippen LogP contribution is -2.56. The summed E-state index contributed by atoms with van der Waals surface area (Å²) >= 11 is 0. The van der Waals surface area contributed by atoms with Crippen molar-refractivity contribution in [2.24, 2.45) is 0 Å². The summed E-state index contributed by atoms with van der Waals surface area (Å²) in [7, 11) is -1.46. The zero-order valence-electron chi connectivity index (χ0n) is 12.7. The van der Waals surface area contributed by atoms with Gasteiger partial charge in [-0.1, -0.05) is 0 Å². The van der Waals surface area contributed by atoms with Gasteiger partial charge in [0.2, 0.25) is 10.0 Å².